The summed E-state index contributed by atoms with van der Waals surface area (Å²) in [5.74, 6) is 0. The Morgan fingerprint density at radius 3 is 1.61 bits per heavy atom. The second-order valence-corrected chi connectivity index (χ2v) is 12.0. The van der Waals surface area contributed by atoms with Crippen LogP contribution in [0, 0.1) is 0 Å². The lowest BCUT2D eigenvalue weighted by molar-refractivity contribution is 0.671. The van der Waals surface area contributed by atoms with E-state index >= 15 is 0 Å². The number of benzene rings is 9. The summed E-state index contributed by atoms with van der Waals surface area (Å²) in [6.45, 7) is 0. The molecule has 0 saturated carbocycles. The second-order valence-electron chi connectivity index (χ2n) is 12.0. The Balaban J connectivity index is 1.34. The summed E-state index contributed by atoms with van der Waals surface area (Å²) in [5, 5.41) is 17.8. The quantitative estimate of drug-likeness (QED) is 0.145. The van der Waals surface area contributed by atoms with E-state index in [0.29, 0.717) is 0 Å². The number of furan rings is 1. The molecule has 44 heavy (non-hydrogen) atoms. The first-order chi connectivity index (χ1) is 21.8. The third-order valence-corrected chi connectivity index (χ3v) is 9.91. The van der Waals surface area contributed by atoms with Gasteiger partial charge in [-0.15, -0.1) is 0 Å². The van der Waals surface area contributed by atoms with Crippen molar-refractivity contribution in [3.63, 3.8) is 0 Å². The fourth-order valence-corrected chi connectivity index (χ4v) is 8.12. The molecule has 0 aliphatic carbocycles. The molecular formula is C42H23NO. The fourth-order valence-electron chi connectivity index (χ4n) is 8.12. The summed E-state index contributed by atoms with van der Waals surface area (Å²) in [5.41, 5.74) is 5.28. The van der Waals surface area contributed by atoms with Gasteiger partial charge in [0, 0.05) is 27.2 Å². The zero-order chi connectivity index (χ0) is 28.5. The first-order valence-corrected chi connectivity index (χ1v) is 15.2. The van der Waals surface area contributed by atoms with E-state index in [1.807, 2.05) is 6.07 Å². The lowest BCUT2D eigenvalue weighted by atomic mass is 9.86. The number of nitrogens with zero attached hydrogens (tertiary/aromatic N) is 1. The molecule has 0 fully saturated rings. The van der Waals surface area contributed by atoms with Crippen LogP contribution < -0.4 is 0 Å². The molecule has 0 radical (unpaired) electrons. The van der Waals surface area contributed by atoms with Crippen LogP contribution in [0.1, 0.15) is 0 Å². The zero-order valence-corrected chi connectivity index (χ0v) is 23.6. The molecule has 0 N–H and O–H groups in total. The van der Waals surface area contributed by atoms with Gasteiger partial charge in [0.15, 0.2) is 5.58 Å². The Kier molecular flexibility index (Phi) is 4.10. The van der Waals surface area contributed by atoms with Crippen molar-refractivity contribution in [2.45, 2.75) is 0 Å². The molecule has 0 saturated heterocycles. The van der Waals surface area contributed by atoms with E-state index in [9.17, 15) is 0 Å². The van der Waals surface area contributed by atoms with Crippen molar-refractivity contribution < 1.29 is 4.42 Å². The Hall–Kier alpha value is -5.86. The number of rotatable bonds is 1. The van der Waals surface area contributed by atoms with Crippen molar-refractivity contribution in [1.29, 1.82) is 0 Å². The van der Waals surface area contributed by atoms with Crippen LogP contribution in [0.4, 0.5) is 0 Å². The molecule has 2 aromatic heterocycles. The standard InChI is InChI=1S/C42H23NO/c1-2-10-26-25(9-1)30-13-7-15-32-27-20-19-24(23-36(27)33-16-8-14-31(26)40(33)39(30)32)43-37-17-5-3-11-28(37)34-21-22-35-29-12-4-6-18-38(29)44-42(35)41(34)43/h1-23H. The SMILES string of the molecule is c1ccc2c(c1)oc1c2ccc2c3ccccc3n(-c3ccc4c(c3)c3cccc5c6ccccc6c6cccc4c6c53)c21. The molecule has 0 spiro atoms. The molecule has 0 atom stereocenters. The first-order valence-electron chi connectivity index (χ1n) is 15.2. The predicted molar refractivity (Wildman–Crippen MR) is 187 cm³/mol. The number of hydrogen-bond acceptors (Lipinski definition) is 1. The van der Waals surface area contributed by atoms with Gasteiger partial charge >= 0.3 is 0 Å². The van der Waals surface area contributed by atoms with Crippen LogP contribution in [-0.2, 0) is 0 Å². The minimum atomic E-state index is 0.917. The highest BCUT2D eigenvalue weighted by Crippen LogP contribution is 2.46. The Morgan fingerprint density at radius 2 is 0.886 bits per heavy atom. The van der Waals surface area contributed by atoms with Crippen molar-refractivity contribution in [3.8, 4) is 5.69 Å². The molecule has 0 bridgehead atoms. The molecule has 0 unspecified atom stereocenters. The predicted octanol–water partition coefficient (Wildman–Crippen LogP) is 11.9. The molecule has 9 aromatic carbocycles. The molecule has 0 aliphatic heterocycles. The minimum Gasteiger partial charge on any atom is -0.454 e. The first kappa shape index (κ1) is 22.7. The van der Waals surface area contributed by atoms with Crippen LogP contribution in [0.25, 0.3) is 103 Å². The Bertz CT molecular complexity index is 2990. The van der Waals surface area contributed by atoms with Crippen LogP contribution in [0.5, 0.6) is 0 Å². The zero-order valence-electron chi connectivity index (χ0n) is 23.6. The number of para-hydroxylation sites is 2. The normalized spacial score (nSPS) is 12.5. The highest BCUT2D eigenvalue weighted by Gasteiger charge is 2.21. The van der Waals surface area contributed by atoms with Crippen LogP contribution in [0.2, 0.25) is 0 Å². The molecule has 202 valence electrons. The summed E-state index contributed by atoms with van der Waals surface area (Å²) >= 11 is 0. The highest BCUT2D eigenvalue weighted by atomic mass is 16.3. The van der Waals surface area contributed by atoms with Gasteiger partial charge in [-0.05, 0) is 84.2 Å². The third kappa shape index (κ3) is 2.68. The second kappa shape index (κ2) is 7.94. The lowest BCUT2D eigenvalue weighted by Crippen LogP contribution is -1.95. The van der Waals surface area contributed by atoms with E-state index in [1.165, 1.54) is 70.2 Å². The summed E-state index contributed by atoms with van der Waals surface area (Å²) in [6, 6.07) is 51.0. The average molecular weight is 558 g/mol. The van der Waals surface area contributed by atoms with E-state index in [0.717, 1.165) is 33.1 Å². The van der Waals surface area contributed by atoms with Gasteiger partial charge in [-0.1, -0.05) is 109 Å². The van der Waals surface area contributed by atoms with E-state index in [2.05, 4.69) is 138 Å². The Morgan fingerprint density at radius 1 is 0.364 bits per heavy atom. The number of aromatic nitrogens is 1. The summed E-state index contributed by atoms with van der Waals surface area (Å²) in [6.07, 6.45) is 0. The maximum atomic E-state index is 6.62. The lowest BCUT2D eigenvalue weighted by Gasteiger charge is -2.18. The van der Waals surface area contributed by atoms with Crippen LogP contribution in [-0.4, -0.2) is 4.57 Å². The smallest absolute Gasteiger partial charge is 0.160 e. The van der Waals surface area contributed by atoms with Crippen LogP contribution in [0.15, 0.2) is 144 Å². The van der Waals surface area contributed by atoms with Crippen molar-refractivity contribution in [2.75, 3.05) is 0 Å². The van der Waals surface area contributed by atoms with Crippen LogP contribution in [0.3, 0.4) is 0 Å². The molecule has 0 aliphatic rings. The number of hydrogen-bond donors (Lipinski definition) is 0. The van der Waals surface area contributed by atoms with Gasteiger partial charge in [-0.3, -0.25) is 0 Å². The molecule has 11 aromatic rings. The minimum absolute atomic E-state index is 0.917. The highest BCUT2D eigenvalue weighted by molar-refractivity contribution is 6.40. The molecule has 2 nitrogen and oxygen atoms in total. The fraction of sp³-hybridized carbons (Fsp3) is 0. The summed E-state index contributed by atoms with van der Waals surface area (Å²) in [7, 11) is 0. The molecule has 2 heteroatoms. The molecule has 11 rings (SSSR count). The van der Waals surface area contributed by atoms with Crippen molar-refractivity contribution in [1.82, 2.24) is 4.57 Å². The monoisotopic (exact) mass is 557 g/mol. The van der Waals surface area contributed by atoms with Gasteiger partial charge in [0.1, 0.15) is 5.58 Å². The largest absolute Gasteiger partial charge is 0.454 e. The van der Waals surface area contributed by atoms with Gasteiger partial charge in [0.25, 0.3) is 0 Å². The average Bonchev–Trinajstić information content (AvgIpc) is 3.64. The topological polar surface area (TPSA) is 18.1 Å². The molecule has 2 heterocycles. The van der Waals surface area contributed by atoms with Gasteiger partial charge in [-0.25, -0.2) is 0 Å². The molecular weight excluding hydrogens is 534 g/mol. The maximum Gasteiger partial charge on any atom is 0.160 e. The van der Waals surface area contributed by atoms with Gasteiger partial charge in [-0.2, -0.15) is 0 Å². The number of fused-ring (bicyclic) bond motifs is 13. The van der Waals surface area contributed by atoms with E-state index in [-0.39, 0.29) is 0 Å². The maximum absolute atomic E-state index is 6.62. The van der Waals surface area contributed by atoms with E-state index in [4.69, 9.17) is 4.42 Å². The van der Waals surface area contributed by atoms with Crippen molar-refractivity contribution in [3.05, 3.63) is 140 Å². The third-order valence-electron chi connectivity index (χ3n) is 9.91. The Labute approximate surface area is 251 Å². The summed E-state index contributed by atoms with van der Waals surface area (Å²) < 4.78 is 9.03. The van der Waals surface area contributed by atoms with Gasteiger partial charge in [0.2, 0.25) is 0 Å². The van der Waals surface area contributed by atoms with E-state index < -0.39 is 0 Å². The van der Waals surface area contributed by atoms with Gasteiger partial charge in [0.05, 0.1) is 11.0 Å². The van der Waals surface area contributed by atoms with Gasteiger partial charge < -0.3 is 8.98 Å². The van der Waals surface area contributed by atoms with Crippen LogP contribution >= 0.6 is 0 Å². The van der Waals surface area contributed by atoms with E-state index in [1.54, 1.807) is 0 Å². The van der Waals surface area contributed by atoms with Crippen molar-refractivity contribution in [2.24, 2.45) is 0 Å². The van der Waals surface area contributed by atoms with Crippen molar-refractivity contribution >= 4 is 97.6 Å². The summed E-state index contributed by atoms with van der Waals surface area (Å²) in [4.78, 5) is 0. The molecule has 0 amide bonds.